The monoisotopic (exact) mass is 372 g/mol. The Kier molecular flexibility index (Phi) is 5.34. The van der Waals surface area contributed by atoms with E-state index in [1.165, 1.54) is 24.4 Å². The molecule has 0 atom stereocenters. The van der Waals surface area contributed by atoms with Crippen LogP contribution in [0.1, 0.15) is 15.9 Å². The highest BCUT2D eigenvalue weighted by Gasteiger charge is 2.13. The van der Waals surface area contributed by atoms with Crippen molar-refractivity contribution >= 4 is 23.2 Å². The van der Waals surface area contributed by atoms with Gasteiger partial charge in [0, 0.05) is 22.5 Å². The van der Waals surface area contributed by atoms with Crippen molar-refractivity contribution in [3.8, 4) is 0 Å². The van der Waals surface area contributed by atoms with E-state index >= 15 is 0 Å². The molecule has 0 radical (unpaired) electrons. The van der Waals surface area contributed by atoms with Gasteiger partial charge in [-0.05, 0) is 42.5 Å². The molecule has 0 saturated heterocycles. The van der Waals surface area contributed by atoms with Gasteiger partial charge in [-0.15, -0.1) is 0 Å². The van der Waals surface area contributed by atoms with Crippen LogP contribution in [0, 0.1) is 5.82 Å². The Hall–Kier alpha value is -3.12. The Bertz CT molecular complexity index is 987. The van der Waals surface area contributed by atoms with Gasteiger partial charge in [-0.3, -0.25) is 9.59 Å². The van der Waals surface area contributed by atoms with E-state index in [9.17, 15) is 14.0 Å². The number of nitrogens with one attached hydrogen (secondary N) is 1. The third-order valence-electron chi connectivity index (χ3n) is 3.58. The largest absolute Gasteiger partial charge is 0.406 e. The normalized spacial score (nSPS) is 10.4. The van der Waals surface area contributed by atoms with E-state index in [-0.39, 0.29) is 12.2 Å². The average Bonchev–Trinajstić information content (AvgIpc) is 2.64. The molecule has 0 bridgehead atoms. The van der Waals surface area contributed by atoms with Crippen LogP contribution >= 0.6 is 11.6 Å². The van der Waals surface area contributed by atoms with E-state index in [2.05, 4.69) is 5.32 Å². The highest BCUT2D eigenvalue weighted by atomic mass is 35.5. The second-order valence-corrected chi connectivity index (χ2v) is 5.82. The molecule has 1 amide bonds. The maximum atomic E-state index is 13.6. The molecule has 1 heterocycles. The molecule has 0 fully saturated rings. The van der Waals surface area contributed by atoms with Crippen molar-refractivity contribution in [2.75, 3.05) is 5.32 Å². The highest BCUT2D eigenvalue weighted by molar-refractivity contribution is 6.30. The molecule has 3 aromatic rings. The van der Waals surface area contributed by atoms with Crippen LogP contribution in [0.3, 0.4) is 0 Å². The van der Waals surface area contributed by atoms with Gasteiger partial charge in [-0.25, -0.2) is 4.39 Å². The Balaban J connectivity index is 1.76. The summed E-state index contributed by atoms with van der Waals surface area (Å²) in [5.74, 6) is -1.02. The number of pyridine rings is 1. The van der Waals surface area contributed by atoms with Crippen molar-refractivity contribution in [3.05, 3.63) is 99.2 Å². The topological polar surface area (TPSA) is 60.3 Å². The van der Waals surface area contributed by atoms with Crippen molar-refractivity contribution < 1.29 is 14.0 Å². The standard InChI is InChI=1S/C19H14ClFN2O3/c20-14-7-9-15(10-8-14)22-18(24)16-5-3-11-23(19(16)25)26-12-13-4-1-2-6-17(13)21/h1-11H,12H2,(H,22,24). The summed E-state index contributed by atoms with van der Waals surface area (Å²) in [6.45, 7) is -0.144. The van der Waals surface area contributed by atoms with E-state index < -0.39 is 17.3 Å². The molecule has 0 spiro atoms. The number of rotatable bonds is 5. The molecular weight excluding hydrogens is 359 g/mol. The zero-order chi connectivity index (χ0) is 18.5. The summed E-state index contributed by atoms with van der Waals surface area (Å²) >= 11 is 5.80. The fourth-order valence-electron chi connectivity index (χ4n) is 2.24. The molecule has 132 valence electrons. The van der Waals surface area contributed by atoms with Gasteiger partial charge in [-0.2, -0.15) is 4.73 Å². The number of carbonyl (C=O) groups excluding carboxylic acids is 1. The first-order valence-electron chi connectivity index (χ1n) is 7.70. The molecular formula is C19H14ClFN2O3. The van der Waals surface area contributed by atoms with Gasteiger partial charge in [0.2, 0.25) is 0 Å². The number of nitrogens with zero attached hydrogens (tertiary/aromatic N) is 1. The van der Waals surface area contributed by atoms with E-state index in [4.69, 9.17) is 16.4 Å². The molecule has 0 saturated carbocycles. The first-order valence-corrected chi connectivity index (χ1v) is 8.07. The van der Waals surface area contributed by atoms with E-state index in [1.54, 1.807) is 42.5 Å². The summed E-state index contributed by atoms with van der Waals surface area (Å²) in [6.07, 6.45) is 1.36. The van der Waals surface area contributed by atoms with Gasteiger partial charge < -0.3 is 10.2 Å². The summed E-state index contributed by atoms with van der Waals surface area (Å²) in [7, 11) is 0. The van der Waals surface area contributed by atoms with Crippen LogP contribution in [-0.2, 0) is 6.61 Å². The van der Waals surface area contributed by atoms with Crippen LogP contribution < -0.4 is 15.7 Å². The molecule has 0 aliphatic carbocycles. The molecule has 3 rings (SSSR count). The summed E-state index contributed by atoms with van der Waals surface area (Å²) in [5.41, 5.74) is 0.0585. The average molecular weight is 373 g/mol. The molecule has 0 unspecified atom stereocenters. The molecule has 1 aromatic heterocycles. The van der Waals surface area contributed by atoms with Gasteiger partial charge in [0.05, 0.1) is 0 Å². The van der Waals surface area contributed by atoms with Crippen molar-refractivity contribution in [2.45, 2.75) is 6.61 Å². The van der Waals surface area contributed by atoms with Crippen molar-refractivity contribution in [3.63, 3.8) is 0 Å². The highest BCUT2D eigenvalue weighted by Crippen LogP contribution is 2.14. The minimum Gasteiger partial charge on any atom is -0.406 e. The van der Waals surface area contributed by atoms with Crippen LogP contribution in [0.15, 0.2) is 71.7 Å². The third-order valence-corrected chi connectivity index (χ3v) is 3.83. The Morgan fingerprint density at radius 3 is 2.54 bits per heavy atom. The lowest BCUT2D eigenvalue weighted by molar-refractivity contribution is 0.0847. The van der Waals surface area contributed by atoms with E-state index in [1.807, 2.05) is 0 Å². The van der Waals surface area contributed by atoms with Crippen molar-refractivity contribution in [1.82, 2.24) is 4.73 Å². The van der Waals surface area contributed by atoms with Gasteiger partial charge in [0.25, 0.3) is 11.5 Å². The van der Waals surface area contributed by atoms with Gasteiger partial charge in [0.1, 0.15) is 18.0 Å². The number of hydrogen-bond donors (Lipinski definition) is 1. The lowest BCUT2D eigenvalue weighted by atomic mass is 10.2. The zero-order valence-corrected chi connectivity index (χ0v) is 14.2. The first kappa shape index (κ1) is 17.7. The summed E-state index contributed by atoms with van der Waals surface area (Å²) in [4.78, 5) is 30.1. The minimum absolute atomic E-state index is 0.101. The number of anilines is 1. The first-order chi connectivity index (χ1) is 12.5. The van der Waals surface area contributed by atoms with Crippen LogP contribution in [0.5, 0.6) is 0 Å². The number of carbonyl (C=O) groups is 1. The predicted molar refractivity (Wildman–Crippen MR) is 96.8 cm³/mol. The Labute approximate surface area is 153 Å². The Morgan fingerprint density at radius 1 is 1.08 bits per heavy atom. The van der Waals surface area contributed by atoms with Gasteiger partial charge in [0.15, 0.2) is 0 Å². The van der Waals surface area contributed by atoms with Crippen LogP contribution in [-0.4, -0.2) is 10.6 Å². The summed E-state index contributed by atoms with van der Waals surface area (Å²) in [6, 6.07) is 15.5. The van der Waals surface area contributed by atoms with Crippen LogP contribution in [0.2, 0.25) is 5.02 Å². The molecule has 0 aliphatic rings. The quantitative estimate of drug-likeness (QED) is 0.745. The van der Waals surface area contributed by atoms with Crippen LogP contribution in [0.4, 0.5) is 10.1 Å². The minimum atomic E-state index is -0.643. The molecule has 7 heteroatoms. The fourth-order valence-corrected chi connectivity index (χ4v) is 2.36. The predicted octanol–water partition coefficient (Wildman–Crippen LogP) is 3.52. The smallest absolute Gasteiger partial charge is 0.295 e. The molecule has 26 heavy (non-hydrogen) atoms. The lowest BCUT2D eigenvalue weighted by Crippen LogP contribution is -2.32. The lowest BCUT2D eigenvalue weighted by Gasteiger charge is -2.10. The van der Waals surface area contributed by atoms with Crippen LogP contribution in [0.25, 0.3) is 0 Å². The maximum absolute atomic E-state index is 13.6. The fraction of sp³-hybridized carbons (Fsp3) is 0.0526. The van der Waals surface area contributed by atoms with E-state index in [0.717, 1.165) is 4.73 Å². The Morgan fingerprint density at radius 2 is 1.81 bits per heavy atom. The van der Waals surface area contributed by atoms with E-state index in [0.29, 0.717) is 16.3 Å². The molecule has 0 aliphatic heterocycles. The molecule has 1 N–H and O–H groups in total. The van der Waals surface area contributed by atoms with Gasteiger partial charge in [-0.1, -0.05) is 29.8 Å². The number of amides is 1. The SMILES string of the molecule is O=C(Nc1ccc(Cl)cc1)c1cccn(OCc2ccccc2F)c1=O. The van der Waals surface area contributed by atoms with Crippen molar-refractivity contribution in [2.24, 2.45) is 0 Å². The van der Waals surface area contributed by atoms with Crippen molar-refractivity contribution in [1.29, 1.82) is 0 Å². The summed E-state index contributed by atoms with van der Waals surface area (Å²) in [5, 5.41) is 3.14. The molecule has 2 aromatic carbocycles. The second-order valence-electron chi connectivity index (χ2n) is 5.38. The maximum Gasteiger partial charge on any atom is 0.295 e. The molecule has 5 nitrogen and oxygen atoms in total. The van der Waals surface area contributed by atoms with Gasteiger partial charge >= 0.3 is 0 Å². The zero-order valence-electron chi connectivity index (χ0n) is 13.5. The second kappa shape index (κ2) is 7.84. The third kappa shape index (κ3) is 4.10. The number of benzene rings is 2. The number of hydrogen-bond acceptors (Lipinski definition) is 3. The number of aromatic nitrogens is 1. The summed E-state index contributed by atoms with van der Waals surface area (Å²) < 4.78 is 14.5. The number of halogens is 2.